The van der Waals surface area contributed by atoms with E-state index in [1.165, 1.54) is 0 Å². The topological polar surface area (TPSA) is 66.8 Å². The number of carbonyl (C=O) groups is 1. The third-order valence-corrected chi connectivity index (χ3v) is 2.00. The van der Waals surface area contributed by atoms with Crippen LogP contribution in [-0.2, 0) is 9.53 Å². The van der Waals surface area contributed by atoms with Crippen LogP contribution in [0.15, 0.2) is 0 Å². The zero-order chi connectivity index (χ0) is 11.2. The summed E-state index contributed by atoms with van der Waals surface area (Å²) in [6.45, 7) is 4.85. The summed E-state index contributed by atoms with van der Waals surface area (Å²) in [5.41, 5.74) is -0.937. The summed E-state index contributed by atoms with van der Waals surface area (Å²) in [5, 5.41) is 18.2. The molecule has 1 unspecified atom stereocenters. The summed E-state index contributed by atoms with van der Waals surface area (Å²) >= 11 is 0. The number of rotatable bonds is 6. The van der Waals surface area contributed by atoms with Crippen molar-refractivity contribution in [2.24, 2.45) is 5.41 Å². The first-order chi connectivity index (χ1) is 6.44. The smallest absolute Gasteiger partial charge is 0.316 e. The van der Waals surface area contributed by atoms with E-state index in [1.54, 1.807) is 13.8 Å². The molecule has 14 heavy (non-hydrogen) atoms. The van der Waals surface area contributed by atoms with Crippen molar-refractivity contribution in [1.82, 2.24) is 0 Å². The Kier molecular flexibility index (Phi) is 5.72. The number of aliphatic hydroxyl groups is 2. The van der Waals surface area contributed by atoms with Crippen molar-refractivity contribution in [3.8, 4) is 0 Å². The van der Waals surface area contributed by atoms with Crippen LogP contribution in [0.25, 0.3) is 0 Å². The molecule has 2 N–H and O–H groups in total. The number of unbranched alkanes of at least 4 members (excludes halogenated alkanes) is 1. The Balaban J connectivity index is 3.93. The predicted molar refractivity (Wildman–Crippen MR) is 52.5 cm³/mol. The van der Waals surface area contributed by atoms with Gasteiger partial charge in [-0.05, 0) is 20.3 Å². The highest BCUT2D eigenvalue weighted by molar-refractivity contribution is 5.76. The van der Waals surface area contributed by atoms with E-state index >= 15 is 0 Å². The van der Waals surface area contributed by atoms with Crippen molar-refractivity contribution < 1.29 is 19.7 Å². The summed E-state index contributed by atoms with van der Waals surface area (Å²) in [6, 6.07) is 0. The van der Waals surface area contributed by atoms with E-state index in [2.05, 4.69) is 0 Å². The fourth-order valence-electron chi connectivity index (χ4n) is 0.785. The average Bonchev–Trinajstić information content (AvgIpc) is 2.14. The second-order valence-corrected chi connectivity index (χ2v) is 4.04. The van der Waals surface area contributed by atoms with Crippen molar-refractivity contribution in [3.63, 3.8) is 0 Å². The van der Waals surface area contributed by atoms with Crippen molar-refractivity contribution in [2.45, 2.75) is 46.3 Å². The van der Waals surface area contributed by atoms with Crippen LogP contribution in [0.5, 0.6) is 0 Å². The minimum Gasteiger partial charge on any atom is -0.435 e. The molecule has 0 aliphatic rings. The Morgan fingerprint density at radius 1 is 1.50 bits per heavy atom. The summed E-state index contributed by atoms with van der Waals surface area (Å²) in [4.78, 5) is 11.3. The van der Waals surface area contributed by atoms with Crippen LogP contribution in [-0.4, -0.2) is 29.1 Å². The molecule has 84 valence electrons. The van der Waals surface area contributed by atoms with Crippen LogP contribution in [0.3, 0.4) is 0 Å². The predicted octanol–water partition coefficient (Wildman–Crippen LogP) is 1.06. The number of carbonyl (C=O) groups excluding carboxylic acids is 1. The van der Waals surface area contributed by atoms with E-state index in [1.807, 2.05) is 6.92 Å². The van der Waals surface area contributed by atoms with Gasteiger partial charge in [-0.1, -0.05) is 13.3 Å². The first kappa shape index (κ1) is 13.4. The van der Waals surface area contributed by atoms with E-state index in [-0.39, 0.29) is 6.61 Å². The number of aliphatic hydroxyl groups excluding tert-OH is 2. The van der Waals surface area contributed by atoms with Crippen LogP contribution < -0.4 is 0 Å². The van der Waals surface area contributed by atoms with Gasteiger partial charge in [0.05, 0.1) is 12.0 Å². The van der Waals surface area contributed by atoms with Crippen LogP contribution in [0.2, 0.25) is 0 Å². The molecule has 0 heterocycles. The zero-order valence-corrected chi connectivity index (χ0v) is 9.12. The summed E-state index contributed by atoms with van der Waals surface area (Å²) < 4.78 is 4.76. The van der Waals surface area contributed by atoms with Crippen LogP contribution in [0, 0.1) is 5.41 Å². The molecule has 0 saturated heterocycles. The van der Waals surface area contributed by atoms with Gasteiger partial charge in [-0.3, -0.25) is 4.79 Å². The highest BCUT2D eigenvalue weighted by Crippen LogP contribution is 2.17. The molecule has 0 spiro atoms. The molecule has 0 bridgehead atoms. The number of hydrogen-bond acceptors (Lipinski definition) is 4. The fraction of sp³-hybridized carbons (Fsp3) is 0.900. The summed E-state index contributed by atoms with van der Waals surface area (Å²) in [6.07, 6.45) is 1.16. The van der Waals surface area contributed by atoms with Gasteiger partial charge in [0.25, 0.3) is 0 Å². The van der Waals surface area contributed by atoms with Gasteiger partial charge >= 0.3 is 5.97 Å². The molecule has 4 nitrogen and oxygen atoms in total. The number of esters is 1. The van der Waals surface area contributed by atoms with Crippen molar-refractivity contribution in [3.05, 3.63) is 0 Å². The summed E-state index contributed by atoms with van der Waals surface area (Å²) in [5.74, 6) is -0.566. The van der Waals surface area contributed by atoms with Crippen molar-refractivity contribution >= 4 is 5.97 Å². The molecular formula is C10H20O4. The molecule has 0 aromatic heterocycles. The SMILES string of the molecule is CCCCC(O)OC(=O)C(C)(C)CO. The van der Waals surface area contributed by atoms with E-state index in [9.17, 15) is 9.90 Å². The maximum absolute atomic E-state index is 11.3. The first-order valence-corrected chi connectivity index (χ1v) is 4.94. The van der Waals surface area contributed by atoms with Gasteiger partial charge in [0.15, 0.2) is 0 Å². The molecule has 0 aliphatic heterocycles. The van der Waals surface area contributed by atoms with E-state index in [0.29, 0.717) is 6.42 Å². The van der Waals surface area contributed by atoms with Gasteiger partial charge < -0.3 is 14.9 Å². The molecule has 0 aromatic rings. The standard InChI is InChI=1S/C10H20O4/c1-4-5-6-8(12)14-9(13)10(2,3)7-11/h8,11-12H,4-7H2,1-3H3. The molecule has 4 heteroatoms. The largest absolute Gasteiger partial charge is 0.435 e. The summed E-state index contributed by atoms with van der Waals surface area (Å²) in [7, 11) is 0. The van der Waals surface area contributed by atoms with Crippen LogP contribution in [0.4, 0.5) is 0 Å². The third-order valence-electron chi connectivity index (χ3n) is 2.00. The molecule has 1 atom stereocenters. The molecular weight excluding hydrogens is 184 g/mol. The zero-order valence-electron chi connectivity index (χ0n) is 9.12. The van der Waals surface area contributed by atoms with Gasteiger partial charge in [-0.25, -0.2) is 0 Å². The van der Waals surface area contributed by atoms with Gasteiger partial charge in [0.2, 0.25) is 6.29 Å². The molecule has 0 aliphatic carbocycles. The van der Waals surface area contributed by atoms with Crippen LogP contribution in [0.1, 0.15) is 40.0 Å². The molecule has 0 amide bonds. The Labute approximate surface area is 84.9 Å². The Morgan fingerprint density at radius 3 is 2.50 bits per heavy atom. The molecule has 0 radical (unpaired) electrons. The third kappa shape index (κ3) is 4.58. The van der Waals surface area contributed by atoms with E-state index in [4.69, 9.17) is 9.84 Å². The van der Waals surface area contributed by atoms with Crippen molar-refractivity contribution in [2.75, 3.05) is 6.61 Å². The number of ether oxygens (including phenoxy) is 1. The lowest BCUT2D eigenvalue weighted by Gasteiger charge is -2.21. The minimum absolute atomic E-state index is 0.285. The maximum atomic E-state index is 11.3. The Hall–Kier alpha value is -0.610. The molecule has 0 saturated carbocycles. The first-order valence-electron chi connectivity index (χ1n) is 4.94. The maximum Gasteiger partial charge on any atom is 0.316 e. The van der Waals surface area contributed by atoms with Gasteiger partial charge in [0, 0.05) is 6.42 Å². The van der Waals surface area contributed by atoms with Crippen LogP contribution >= 0.6 is 0 Å². The monoisotopic (exact) mass is 204 g/mol. The molecule has 0 fully saturated rings. The molecule has 0 aromatic carbocycles. The lowest BCUT2D eigenvalue weighted by molar-refractivity contribution is -0.181. The lowest BCUT2D eigenvalue weighted by Crippen LogP contribution is -2.33. The normalized spacial score (nSPS) is 13.8. The van der Waals surface area contributed by atoms with Gasteiger partial charge in [-0.2, -0.15) is 0 Å². The van der Waals surface area contributed by atoms with E-state index < -0.39 is 17.7 Å². The fourth-order valence-corrected chi connectivity index (χ4v) is 0.785. The second kappa shape index (κ2) is 5.98. The Morgan fingerprint density at radius 2 is 2.07 bits per heavy atom. The quantitative estimate of drug-likeness (QED) is 0.501. The van der Waals surface area contributed by atoms with Gasteiger partial charge in [-0.15, -0.1) is 0 Å². The molecule has 0 rings (SSSR count). The number of hydrogen-bond donors (Lipinski definition) is 2. The second-order valence-electron chi connectivity index (χ2n) is 4.04. The van der Waals surface area contributed by atoms with Crippen molar-refractivity contribution in [1.29, 1.82) is 0 Å². The highest BCUT2D eigenvalue weighted by atomic mass is 16.6. The average molecular weight is 204 g/mol. The lowest BCUT2D eigenvalue weighted by atomic mass is 9.95. The Bertz CT molecular complexity index is 177. The minimum atomic E-state index is -1.05. The highest BCUT2D eigenvalue weighted by Gasteiger charge is 2.30. The van der Waals surface area contributed by atoms with Gasteiger partial charge in [0.1, 0.15) is 0 Å². The van der Waals surface area contributed by atoms with E-state index in [0.717, 1.165) is 12.8 Å².